The molecule has 1 nitrogen and oxygen atoms in total. The Morgan fingerprint density at radius 2 is 2.17 bits per heavy atom. The molecule has 12 heavy (non-hydrogen) atoms. The molecular weight excluding hydrogens is 146 g/mol. The van der Waals surface area contributed by atoms with Gasteiger partial charge in [0.2, 0.25) is 0 Å². The van der Waals surface area contributed by atoms with E-state index in [9.17, 15) is 0 Å². The third kappa shape index (κ3) is 1.55. The molecule has 0 radical (unpaired) electrons. The average molecular weight is 165 g/mol. The molecule has 1 atom stereocenters. The first-order chi connectivity index (χ1) is 5.59. The summed E-state index contributed by atoms with van der Waals surface area (Å²) in [6.07, 6.45) is 3.41. The maximum Gasteiger partial charge on any atom is 0.0148 e. The summed E-state index contributed by atoms with van der Waals surface area (Å²) >= 11 is 0. The molecule has 0 bridgehead atoms. The Morgan fingerprint density at radius 1 is 1.58 bits per heavy atom. The summed E-state index contributed by atoms with van der Waals surface area (Å²) in [5.74, 6) is 1.12. The molecule has 2 N–H and O–H groups in total. The van der Waals surface area contributed by atoms with Crippen molar-refractivity contribution in [2.45, 2.75) is 34.1 Å². The molecule has 0 aromatic heterocycles. The summed E-state index contributed by atoms with van der Waals surface area (Å²) < 4.78 is 0. The summed E-state index contributed by atoms with van der Waals surface area (Å²) in [7, 11) is 0. The van der Waals surface area contributed by atoms with Gasteiger partial charge in [0.25, 0.3) is 0 Å². The van der Waals surface area contributed by atoms with Crippen molar-refractivity contribution in [1.29, 1.82) is 0 Å². The maximum absolute atomic E-state index is 5.97. The number of nitrogens with two attached hydrogens (primary N) is 1. The van der Waals surface area contributed by atoms with Gasteiger partial charge in [-0.1, -0.05) is 33.8 Å². The van der Waals surface area contributed by atoms with Crippen LogP contribution in [0.3, 0.4) is 0 Å². The first kappa shape index (κ1) is 9.37. The van der Waals surface area contributed by atoms with Crippen LogP contribution >= 0.6 is 0 Å². The lowest BCUT2D eigenvalue weighted by Crippen LogP contribution is -2.04. The molecule has 0 aromatic rings. The van der Waals surface area contributed by atoms with Crippen LogP contribution in [-0.4, -0.2) is 0 Å². The fourth-order valence-corrected chi connectivity index (χ4v) is 1.59. The molecule has 0 aromatic carbocycles. The zero-order valence-electron chi connectivity index (χ0n) is 8.52. The molecule has 1 rings (SSSR count). The van der Waals surface area contributed by atoms with Crippen LogP contribution in [0.5, 0.6) is 0 Å². The van der Waals surface area contributed by atoms with Crippen LogP contribution in [0.4, 0.5) is 0 Å². The predicted molar refractivity (Wildman–Crippen MR) is 53.6 cm³/mol. The van der Waals surface area contributed by atoms with Crippen molar-refractivity contribution in [2.75, 3.05) is 0 Å². The van der Waals surface area contributed by atoms with Gasteiger partial charge in [-0.3, -0.25) is 0 Å². The number of allylic oxidation sites excluding steroid dienone is 4. The summed E-state index contributed by atoms with van der Waals surface area (Å²) in [5, 5.41) is 0. The van der Waals surface area contributed by atoms with Gasteiger partial charge in [0.05, 0.1) is 0 Å². The molecular formula is C11H19N. The highest BCUT2D eigenvalue weighted by atomic mass is 14.6. The predicted octanol–water partition coefficient (Wildman–Crippen LogP) is 2.84. The molecule has 1 saturated carbocycles. The molecule has 0 spiro atoms. The quantitative estimate of drug-likeness (QED) is 0.669. The van der Waals surface area contributed by atoms with Gasteiger partial charge in [-0.25, -0.2) is 0 Å². The minimum absolute atomic E-state index is 0.491. The van der Waals surface area contributed by atoms with E-state index in [0.717, 1.165) is 12.1 Å². The summed E-state index contributed by atoms with van der Waals surface area (Å²) in [5.41, 5.74) is 9.94. The van der Waals surface area contributed by atoms with Gasteiger partial charge in [-0.05, 0) is 23.5 Å². The third-order valence-corrected chi connectivity index (χ3v) is 2.48. The Bertz CT molecular complexity index is 233. The van der Waals surface area contributed by atoms with E-state index in [1.165, 1.54) is 11.1 Å². The third-order valence-electron chi connectivity index (χ3n) is 2.48. The zero-order chi connectivity index (χ0) is 9.30. The topological polar surface area (TPSA) is 26.0 Å². The second-order valence-corrected chi connectivity index (χ2v) is 3.81. The van der Waals surface area contributed by atoms with Gasteiger partial charge in [-0.15, -0.1) is 0 Å². The Labute approximate surface area is 75.3 Å². The van der Waals surface area contributed by atoms with Crippen LogP contribution in [0.1, 0.15) is 34.1 Å². The largest absolute Gasteiger partial charge is 0.402 e. The van der Waals surface area contributed by atoms with Crippen LogP contribution in [0.15, 0.2) is 22.9 Å². The van der Waals surface area contributed by atoms with Crippen molar-refractivity contribution in [1.82, 2.24) is 0 Å². The Balaban J connectivity index is 2.81. The first-order valence-corrected chi connectivity index (χ1v) is 4.79. The highest BCUT2D eigenvalue weighted by Crippen LogP contribution is 2.47. The average Bonchev–Trinajstić information content (AvgIpc) is 2.61. The van der Waals surface area contributed by atoms with Crippen molar-refractivity contribution in [2.24, 2.45) is 17.6 Å². The highest BCUT2D eigenvalue weighted by molar-refractivity contribution is 5.57. The second-order valence-electron chi connectivity index (χ2n) is 3.81. The molecule has 0 heterocycles. The summed E-state index contributed by atoms with van der Waals surface area (Å²) in [6, 6.07) is 0. The molecule has 0 saturated heterocycles. The smallest absolute Gasteiger partial charge is 0.0148 e. The molecule has 1 fully saturated rings. The lowest BCUT2D eigenvalue weighted by atomic mass is 10.1. The minimum Gasteiger partial charge on any atom is -0.402 e. The minimum atomic E-state index is 0.491. The Kier molecular flexibility index (Phi) is 2.61. The maximum atomic E-state index is 5.97. The first-order valence-electron chi connectivity index (χ1n) is 4.79. The lowest BCUT2D eigenvalue weighted by molar-refractivity contribution is 0.749. The lowest BCUT2D eigenvalue weighted by Gasteiger charge is -2.02. The van der Waals surface area contributed by atoms with Gasteiger partial charge in [-0.2, -0.15) is 0 Å². The normalized spacial score (nSPS) is 29.8. The molecule has 1 heteroatoms. The van der Waals surface area contributed by atoms with E-state index in [4.69, 9.17) is 5.73 Å². The van der Waals surface area contributed by atoms with E-state index in [1.54, 1.807) is 0 Å². The fraction of sp³-hybridized carbons (Fsp3) is 0.636. The van der Waals surface area contributed by atoms with Crippen molar-refractivity contribution >= 4 is 0 Å². The molecule has 1 unspecified atom stereocenters. The van der Waals surface area contributed by atoms with Crippen molar-refractivity contribution < 1.29 is 0 Å². The summed E-state index contributed by atoms with van der Waals surface area (Å²) in [6.45, 7) is 8.70. The number of rotatable bonds is 2. The zero-order valence-corrected chi connectivity index (χ0v) is 8.52. The summed E-state index contributed by atoms with van der Waals surface area (Å²) in [4.78, 5) is 0. The van der Waals surface area contributed by atoms with Crippen LogP contribution in [0.25, 0.3) is 0 Å². The van der Waals surface area contributed by atoms with Gasteiger partial charge in [0, 0.05) is 11.6 Å². The van der Waals surface area contributed by atoms with Crippen molar-refractivity contribution in [3.63, 3.8) is 0 Å². The van der Waals surface area contributed by atoms with E-state index >= 15 is 0 Å². The number of hydrogen-bond acceptors (Lipinski definition) is 1. The monoisotopic (exact) mass is 165 g/mol. The van der Waals surface area contributed by atoms with Crippen LogP contribution in [-0.2, 0) is 0 Å². The molecule has 0 amide bonds. The second kappa shape index (κ2) is 3.34. The molecule has 1 aliphatic carbocycles. The van der Waals surface area contributed by atoms with Crippen molar-refractivity contribution in [3.05, 3.63) is 22.9 Å². The standard InChI is InChI=1S/C11H19N/c1-5-6-9-8(4)10(9)11(12)7(2)3/h6-8H,5,12H2,1-4H3/b9-6?,11-10-. The van der Waals surface area contributed by atoms with Gasteiger partial charge in [0.1, 0.15) is 0 Å². The molecule has 0 aliphatic heterocycles. The van der Waals surface area contributed by atoms with E-state index in [1.807, 2.05) is 0 Å². The number of hydrogen-bond donors (Lipinski definition) is 1. The Morgan fingerprint density at radius 3 is 2.58 bits per heavy atom. The SMILES string of the molecule is CCC=C1/C(=C(\N)C(C)C)C1C. The van der Waals surface area contributed by atoms with E-state index in [0.29, 0.717) is 11.8 Å². The van der Waals surface area contributed by atoms with Crippen LogP contribution in [0.2, 0.25) is 0 Å². The fourth-order valence-electron chi connectivity index (χ4n) is 1.59. The van der Waals surface area contributed by atoms with E-state index < -0.39 is 0 Å². The van der Waals surface area contributed by atoms with Gasteiger partial charge < -0.3 is 5.73 Å². The Hall–Kier alpha value is -0.720. The van der Waals surface area contributed by atoms with Crippen LogP contribution in [0, 0.1) is 11.8 Å². The molecule has 1 aliphatic rings. The highest BCUT2D eigenvalue weighted by Gasteiger charge is 2.34. The molecule has 68 valence electrons. The van der Waals surface area contributed by atoms with Gasteiger partial charge in [0.15, 0.2) is 0 Å². The van der Waals surface area contributed by atoms with E-state index in [2.05, 4.69) is 33.8 Å². The van der Waals surface area contributed by atoms with Crippen LogP contribution < -0.4 is 5.73 Å². The van der Waals surface area contributed by atoms with E-state index in [-0.39, 0.29) is 0 Å². The van der Waals surface area contributed by atoms with Crippen molar-refractivity contribution in [3.8, 4) is 0 Å². The van der Waals surface area contributed by atoms with Gasteiger partial charge >= 0.3 is 0 Å².